The molecule has 3 heteroatoms. The lowest BCUT2D eigenvalue weighted by Gasteiger charge is -2.08. The molecule has 64 valence electrons. The summed E-state index contributed by atoms with van der Waals surface area (Å²) in [5.74, 6) is 0. The van der Waals surface area contributed by atoms with E-state index in [4.69, 9.17) is 23.2 Å². The second-order valence-corrected chi connectivity index (χ2v) is 3.97. The van der Waals surface area contributed by atoms with Crippen LogP contribution in [0.1, 0.15) is 18.4 Å². The summed E-state index contributed by atoms with van der Waals surface area (Å²) in [5, 5.41) is 10.8. The van der Waals surface area contributed by atoms with Crippen LogP contribution in [-0.4, -0.2) is 5.11 Å². The highest BCUT2D eigenvalue weighted by atomic mass is 35.5. The zero-order valence-electron chi connectivity index (χ0n) is 6.35. The van der Waals surface area contributed by atoms with Crippen LogP contribution in [0.5, 0.6) is 0 Å². The minimum absolute atomic E-state index is 0.509. The first-order valence-corrected chi connectivity index (χ1v) is 4.55. The summed E-state index contributed by atoms with van der Waals surface area (Å²) in [6.45, 7) is 0. The molecule has 0 atom stereocenters. The zero-order chi connectivity index (χ0) is 8.77. The van der Waals surface area contributed by atoms with Crippen molar-refractivity contribution < 1.29 is 5.11 Å². The van der Waals surface area contributed by atoms with Gasteiger partial charge in [0.05, 0.1) is 15.6 Å². The van der Waals surface area contributed by atoms with Crippen LogP contribution < -0.4 is 0 Å². The number of aliphatic hydroxyl groups is 1. The maximum atomic E-state index is 9.71. The topological polar surface area (TPSA) is 20.2 Å². The van der Waals surface area contributed by atoms with Gasteiger partial charge in [-0.25, -0.2) is 0 Å². The SMILES string of the molecule is OC1(c2ccc(Cl)c(Cl)c2)CC1. The van der Waals surface area contributed by atoms with Gasteiger partial charge in [0.2, 0.25) is 0 Å². The Balaban J connectivity index is 2.41. The quantitative estimate of drug-likeness (QED) is 0.743. The van der Waals surface area contributed by atoms with E-state index in [0.717, 1.165) is 18.4 Å². The number of hydrogen-bond acceptors (Lipinski definition) is 1. The van der Waals surface area contributed by atoms with Gasteiger partial charge in [0.1, 0.15) is 0 Å². The van der Waals surface area contributed by atoms with Crippen LogP contribution in [0.2, 0.25) is 10.0 Å². The molecule has 0 amide bonds. The van der Waals surface area contributed by atoms with E-state index in [1.807, 2.05) is 6.07 Å². The van der Waals surface area contributed by atoms with E-state index in [2.05, 4.69) is 0 Å². The molecular weight excluding hydrogens is 195 g/mol. The van der Waals surface area contributed by atoms with E-state index in [1.54, 1.807) is 12.1 Å². The lowest BCUT2D eigenvalue weighted by molar-refractivity contribution is 0.151. The van der Waals surface area contributed by atoms with Gasteiger partial charge in [-0.15, -0.1) is 0 Å². The standard InChI is InChI=1S/C9H8Cl2O/c10-7-2-1-6(5-8(7)11)9(12)3-4-9/h1-2,5,12H,3-4H2. The Morgan fingerprint density at radius 1 is 1.17 bits per heavy atom. The van der Waals surface area contributed by atoms with Crippen molar-refractivity contribution in [3.05, 3.63) is 33.8 Å². The summed E-state index contributed by atoms with van der Waals surface area (Å²) >= 11 is 11.5. The van der Waals surface area contributed by atoms with E-state index < -0.39 is 5.60 Å². The van der Waals surface area contributed by atoms with Crippen molar-refractivity contribution in [3.8, 4) is 0 Å². The Kier molecular flexibility index (Phi) is 1.83. The van der Waals surface area contributed by atoms with Crippen molar-refractivity contribution in [2.75, 3.05) is 0 Å². The van der Waals surface area contributed by atoms with Crippen LogP contribution in [0.15, 0.2) is 18.2 Å². The minimum atomic E-state index is -0.617. The first-order chi connectivity index (χ1) is 5.62. The molecule has 2 rings (SSSR count). The molecular formula is C9H8Cl2O. The average Bonchev–Trinajstić information content (AvgIpc) is 2.75. The van der Waals surface area contributed by atoms with Crippen molar-refractivity contribution in [1.29, 1.82) is 0 Å². The molecule has 1 fully saturated rings. The van der Waals surface area contributed by atoms with Gasteiger partial charge in [0.15, 0.2) is 0 Å². The maximum absolute atomic E-state index is 9.71. The fraction of sp³-hybridized carbons (Fsp3) is 0.333. The van der Waals surface area contributed by atoms with Gasteiger partial charge in [-0.1, -0.05) is 29.3 Å². The molecule has 1 aliphatic carbocycles. The molecule has 0 saturated heterocycles. The number of rotatable bonds is 1. The summed E-state index contributed by atoms with van der Waals surface area (Å²) < 4.78 is 0. The Labute approximate surface area is 80.9 Å². The zero-order valence-corrected chi connectivity index (χ0v) is 7.86. The predicted octanol–water partition coefficient (Wildman–Crippen LogP) is 2.97. The molecule has 1 saturated carbocycles. The van der Waals surface area contributed by atoms with Gasteiger partial charge in [-0.2, -0.15) is 0 Å². The third kappa shape index (κ3) is 1.33. The van der Waals surface area contributed by atoms with Crippen LogP contribution in [0.4, 0.5) is 0 Å². The van der Waals surface area contributed by atoms with E-state index >= 15 is 0 Å². The fourth-order valence-electron chi connectivity index (χ4n) is 1.19. The van der Waals surface area contributed by atoms with Crippen LogP contribution in [0, 0.1) is 0 Å². The van der Waals surface area contributed by atoms with E-state index in [9.17, 15) is 5.11 Å². The lowest BCUT2D eigenvalue weighted by Crippen LogP contribution is -2.03. The second kappa shape index (κ2) is 2.63. The van der Waals surface area contributed by atoms with Crippen LogP contribution >= 0.6 is 23.2 Å². The third-order valence-electron chi connectivity index (χ3n) is 2.18. The molecule has 0 spiro atoms. The summed E-state index contributed by atoms with van der Waals surface area (Å²) in [5.41, 5.74) is 0.255. The molecule has 1 aromatic carbocycles. The van der Waals surface area contributed by atoms with Crippen LogP contribution in [-0.2, 0) is 5.60 Å². The van der Waals surface area contributed by atoms with Gasteiger partial charge in [-0.05, 0) is 30.5 Å². The average molecular weight is 203 g/mol. The molecule has 12 heavy (non-hydrogen) atoms. The molecule has 0 bridgehead atoms. The first-order valence-electron chi connectivity index (χ1n) is 3.80. The van der Waals surface area contributed by atoms with E-state index in [-0.39, 0.29) is 0 Å². The summed E-state index contributed by atoms with van der Waals surface area (Å²) in [4.78, 5) is 0. The first kappa shape index (κ1) is 8.36. The summed E-state index contributed by atoms with van der Waals surface area (Å²) in [6.07, 6.45) is 1.65. The van der Waals surface area contributed by atoms with Crippen LogP contribution in [0.25, 0.3) is 0 Å². The van der Waals surface area contributed by atoms with Crippen molar-refractivity contribution in [1.82, 2.24) is 0 Å². The monoisotopic (exact) mass is 202 g/mol. The lowest BCUT2D eigenvalue weighted by atomic mass is 10.1. The van der Waals surface area contributed by atoms with E-state index in [0.29, 0.717) is 10.0 Å². The third-order valence-corrected chi connectivity index (χ3v) is 2.92. The van der Waals surface area contributed by atoms with Gasteiger partial charge in [-0.3, -0.25) is 0 Å². The second-order valence-electron chi connectivity index (χ2n) is 3.16. The van der Waals surface area contributed by atoms with Gasteiger partial charge in [0, 0.05) is 0 Å². The van der Waals surface area contributed by atoms with Gasteiger partial charge in [0.25, 0.3) is 0 Å². The molecule has 1 aromatic rings. The molecule has 1 N–H and O–H groups in total. The predicted molar refractivity (Wildman–Crippen MR) is 49.6 cm³/mol. The highest BCUT2D eigenvalue weighted by Crippen LogP contribution is 2.46. The Morgan fingerprint density at radius 3 is 2.33 bits per heavy atom. The van der Waals surface area contributed by atoms with Gasteiger partial charge < -0.3 is 5.11 Å². The minimum Gasteiger partial charge on any atom is -0.385 e. The highest BCUT2D eigenvalue weighted by Gasteiger charge is 2.42. The molecule has 0 aliphatic heterocycles. The summed E-state index contributed by atoms with van der Waals surface area (Å²) in [7, 11) is 0. The maximum Gasteiger partial charge on any atom is 0.0899 e. The fourth-order valence-corrected chi connectivity index (χ4v) is 1.49. The summed E-state index contributed by atoms with van der Waals surface area (Å²) in [6, 6.07) is 5.27. The van der Waals surface area contributed by atoms with Gasteiger partial charge >= 0.3 is 0 Å². The number of benzene rings is 1. The Bertz CT molecular complexity index is 318. The van der Waals surface area contributed by atoms with Crippen molar-refractivity contribution in [2.45, 2.75) is 18.4 Å². The highest BCUT2D eigenvalue weighted by molar-refractivity contribution is 6.42. The smallest absolute Gasteiger partial charge is 0.0899 e. The number of halogens is 2. The molecule has 0 aromatic heterocycles. The molecule has 1 aliphatic rings. The van der Waals surface area contributed by atoms with Crippen molar-refractivity contribution >= 4 is 23.2 Å². The molecule has 1 nitrogen and oxygen atoms in total. The van der Waals surface area contributed by atoms with Crippen molar-refractivity contribution in [2.24, 2.45) is 0 Å². The van der Waals surface area contributed by atoms with E-state index in [1.165, 1.54) is 0 Å². The Hall–Kier alpha value is -0.240. The molecule has 0 heterocycles. The number of hydrogen-bond donors (Lipinski definition) is 1. The van der Waals surface area contributed by atoms with Crippen molar-refractivity contribution in [3.63, 3.8) is 0 Å². The Morgan fingerprint density at radius 2 is 1.83 bits per heavy atom. The largest absolute Gasteiger partial charge is 0.385 e. The molecule has 0 radical (unpaired) electrons. The van der Waals surface area contributed by atoms with Crippen LogP contribution in [0.3, 0.4) is 0 Å². The normalized spacial score (nSPS) is 19.2. The molecule has 0 unspecified atom stereocenters.